The molecule has 2 atom stereocenters. The number of thioether (sulfide) groups is 1. The summed E-state index contributed by atoms with van der Waals surface area (Å²) in [6.07, 6.45) is 5.06. The summed E-state index contributed by atoms with van der Waals surface area (Å²) in [5, 5.41) is 13.3. The maximum atomic E-state index is 8.94. The number of benzene rings is 1. The Morgan fingerprint density at radius 1 is 1.50 bits per heavy atom. The summed E-state index contributed by atoms with van der Waals surface area (Å²) >= 11 is 1.81. The molecule has 0 saturated heterocycles. The first-order valence-electron chi connectivity index (χ1n) is 7.19. The number of aliphatic imine (C=N–C) groups is 1. The van der Waals surface area contributed by atoms with Gasteiger partial charge in [-0.05, 0) is 37.0 Å². The SMILES string of the molecule is CC1CCCC2(CSC(Nc3cccc(C#N)c3)=N2)C1. The molecule has 1 aliphatic heterocycles. The summed E-state index contributed by atoms with van der Waals surface area (Å²) in [5.74, 6) is 1.88. The summed E-state index contributed by atoms with van der Waals surface area (Å²) in [4.78, 5) is 4.97. The van der Waals surface area contributed by atoms with Gasteiger partial charge in [0.15, 0.2) is 5.17 Å². The van der Waals surface area contributed by atoms with Gasteiger partial charge in [-0.2, -0.15) is 5.26 Å². The minimum absolute atomic E-state index is 0.164. The van der Waals surface area contributed by atoms with Crippen LogP contribution in [0.5, 0.6) is 0 Å². The van der Waals surface area contributed by atoms with Crippen molar-refractivity contribution in [3.63, 3.8) is 0 Å². The summed E-state index contributed by atoms with van der Waals surface area (Å²) in [5.41, 5.74) is 1.80. The van der Waals surface area contributed by atoms with Crippen molar-refractivity contribution in [2.24, 2.45) is 10.9 Å². The molecule has 2 unspecified atom stereocenters. The van der Waals surface area contributed by atoms with Gasteiger partial charge in [0.1, 0.15) is 0 Å². The average Bonchev–Trinajstić information content (AvgIpc) is 2.81. The van der Waals surface area contributed by atoms with E-state index in [-0.39, 0.29) is 5.54 Å². The van der Waals surface area contributed by atoms with E-state index in [0.29, 0.717) is 5.56 Å². The molecule has 1 saturated carbocycles. The van der Waals surface area contributed by atoms with Gasteiger partial charge in [-0.15, -0.1) is 0 Å². The maximum Gasteiger partial charge on any atom is 0.161 e. The van der Waals surface area contributed by atoms with E-state index in [1.807, 2.05) is 36.0 Å². The van der Waals surface area contributed by atoms with Gasteiger partial charge in [-0.1, -0.05) is 37.6 Å². The largest absolute Gasteiger partial charge is 0.335 e. The Morgan fingerprint density at radius 2 is 2.40 bits per heavy atom. The van der Waals surface area contributed by atoms with Crippen LogP contribution in [-0.4, -0.2) is 16.5 Å². The molecule has 3 rings (SSSR count). The van der Waals surface area contributed by atoms with Crippen molar-refractivity contribution in [1.29, 1.82) is 5.26 Å². The molecule has 4 heteroatoms. The molecule has 104 valence electrons. The lowest BCUT2D eigenvalue weighted by Gasteiger charge is -2.33. The molecule has 3 nitrogen and oxygen atoms in total. The number of nitriles is 1. The molecule has 1 fully saturated rings. The predicted molar refractivity (Wildman–Crippen MR) is 85.0 cm³/mol. The number of rotatable bonds is 1. The topological polar surface area (TPSA) is 48.2 Å². The van der Waals surface area contributed by atoms with Gasteiger partial charge in [0.2, 0.25) is 0 Å². The third kappa shape index (κ3) is 2.83. The number of nitrogens with one attached hydrogen (secondary N) is 1. The van der Waals surface area contributed by atoms with E-state index in [1.54, 1.807) is 0 Å². The van der Waals surface area contributed by atoms with Gasteiger partial charge in [0, 0.05) is 11.4 Å². The Kier molecular flexibility index (Phi) is 3.71. The number of hydrogen-bond acceptors (Lipinski definition) is 4. The van der Waals surface area contributed by atoms with E-state index in [1.165, 1.54) is 25.7 Å². The van der Waals surface area contributed by atoms with Crippen molar-refractivity contribution in [2.75, 3.05) is 11.1 Å². The Hall–Kier alpha value is -1.47. The van der Waals surface area contributed by atoms with Crippen LogP contribution in [0.15, 0.2) is 29.3 Å². The predicted octanol–water partition coefficient (Wildman–Crippen LogP) is 4.02. The Bertz CT molecular complexity index is 575. The smallest absolute Gasteiger partial charge is 0.161 e. The van der Waals surface area contributed by atoms with Crippen LogP contribution in [0.4, 0.5) is 5.69 Å². The highest BCUT2D eigenvalue weighted by Crippen LogP contribution is 2.42. The molecular formula is C16H19N3S. The molecule has 1 heterocycles. The van der Waals surface area contributed by atoms with E-state index in [4.69, 9.17) is 10.3 Å². The van der Waals surface area contributed by atoms with E-state index < -0.39 is 0 Å². The zero-order valence-electron chi connectivity index (χ0n) is 11.7. The number of nitrogens with zero attached hydrogens (tertiary/aromatic N) is 2. The number of hydrogen-bond donors (Lipinski definition) is 1. The third-order valence-electron chi connectivity index (χ3n) is 4.13. The van der Waals surface area contributed by atoms with E-state index in [0.717, 1.165) is 22.5 Å². The minimum Gasteiger partial charge on any atom is -0.335 e. The average molecular weight is 285 g/mol. The highest BCUT2D eigenvalue weighted by atomic mass is 32.2. The lowest BCUT2D eigenvalue weighted by molar-refractivity contribution is 0.266. The highest BCUT2D eigenvalue weighted by molar-refractivity contribution is 8.14. The van der Waals surface area contributed by atoms with Crippen molar-refractivity contribution in [1.82, 2.24) is 0 Å². The number of amidine groups is 1. The van der Waals surface area contributed by atoms with Crippen molar-refractivity contribution in [3.05, 3.63) is 29.8 Å². The van der Waals surface area contributed by atoms with Crippen molar-refractivity contribution in [2.45, 2.75) is 38.1 Å². The lowest BCUT2D eigenvalue weighted by Crippen LogP contribution is -2.33. The first-order chi connectivity index (χ1) is 9.69. The second-order valence-electron chi connectivity index (χ2n) is 5.95. The summed E-state index contributed by atoms with van der Waals surface area (Å²) < 4.78 is 0. The maximum absolute atomic E-state index is 8.94. The fourth-order valence-corrected chi connectivity index (χ4v) is 4.38. The van der Waals surface area contributed by atoms with Gasteiger partial charge in [0.05, 0.1) is 17.2 Å². The minimum atomic E-state index is 0.164. The first-order valence-corrected chi connectivity index (χ1v) is 8.18. The zero-order chi connectivity index (χ0) is 14.0. The van der Waals surface area contributed by atoms with Crippen LogP contribution in [-0.2, 0) is 0 Å². The summed E-state index contributed by atoms with van der Waals surface area (Å²) in [7, 11) is 0. The quantitative estimate of drug-likeness (QED) is 0.847. The molecule has 2 aliphatic rings. The van der Waals surface area contributed by atoms with Gasteiger partial charge in [0.25, 0.3) is 0 Å². The fraction of sp³-hybridized carbons (Fsp3) is 0.500. The standard InChI is InChI=1S/C16H19N3S/c1-12-4-3-7-16(9-12)11-20-15(19-16)18-14-6-2-5-13(8-14)10-17/h2,5-6,8,12H,3-4,7,9,11H2,1H3,(H,18,19). The molecule has 1 aromatic carbocycles. The Morgan fingerprint density at radius 3 is 3.20 bits per heavy atom. The van der Waals surface area contributed by atoms with Crippen molar-refractivity contribution < 1.29 is 0 Å². The first kappa shape index (κ1) is 13.5. The zero-order valence-corrected chi connectivity index (χ0v) is 12.5. The second-order valence-corrected chi connectivity index (χ2v) is 6.91. The van der Waals surface area contributed by atoms with Crippen LogP contribution >= 0.6 is 11.8 Å². The fourth-order valence-electron chi connectivity index (χ4n) is 3.20. The van der Waals surface area contributed by atoms with Gasteiger partial charge >= 0.3 is 0 Å². The van der Waals surface area contributed by atoms with Gasteiger partial charge < -0.3 is 5.32 Å². The highest BCUT2D eigenvalue weighted by Gasteiger charge is 2.39. The van der Waals surface area contributed by atoms with Crippen LogP contribution in [0.25, 0.3) is 0 Å². The van der Waals surface area contributed by atoms with Crippen LogP contribution in [0.3, 0.4) is 0 Å². The van der Waals surface area contributed by atoms with E-state index in [9.17, 15) is 0 Å². The van der Waals surface area contributed by atoms with Crippen molar-refractivity contribution >= 4 is 22.6 Å². The van der Waals surface area contributed by atoms with Crippen LogP contribution in [0.2, 0.25) is 0 Å². The lowest BCUT2D eigenvalue weighted by atomic mass is 9.78. The summed E-state index contributed by atoms with van der Waals surface area (Å²) in [6.45, 7) is 2.34. The molecule has 1 aromatic rings. The molecule has 0 radical (unpaired) electrons. The second kappa shape index (κ2) is 5.49. The molecule has 0 bridgehead atoms. The Labute approximate surface area is 124 Å². The van der Waals surface area contributed by atoms with Crippen molar-refractivity contribution in [3.8, 4) is 6.07 Å². The number of anilines is 1. The van der Waals surface area contributed by atoms with Crippen LogP contribution in [0.1, 0.15) is 38.2 Å². The molecular weight excluding hydrogens is 266 g/mol. The van der Waals surface area contributed by atoms with E-state index in [2.05, 4.69) is 18.3 Å². The van der Waals surface area contributed by atoms with E-state index >= 15 is 0 Å². The summed E-state index contributed by atoms with van der Waals surface area (Å²) in [6, 6.07) is 9.75. The molecule has 20 heavy (non-hydrogen) atoms. The van der Waals surface area contributed by atoms with Gasteiger partial charge in [-0.3, -0.25) is 4.99 Å². The monoisotopic (exact) mass is 285 g/mol. The van der Waals surface area contributed by atoms with Crippen LogP contribution < -0.4 is 5.32 Å². The third-order valence-corrected chi connectivity index (χ3v) is 5.28. The molecule has 1 spiro atoms. The Balaban J connectivity index is 1.74. The van der Waals surface area contributed by atoms with Crippen LogP contribution in [0, 0.1) is 17.2 Å². The van der Waals surface area contributed by atoms with Gasteiger partial charge in [-0.25, -0.2) is 0 Å². The molecule has 0 aromatic heterocycles. The molecule has 1 N–H and O–H groups in total. The normalized spacial score (nSPS) is 29.0. The molecule has 0 amide bonds. The molecule has 1 aliphatic carbocycles.